The molecular weight excluding hydrogens is 176 g/mol. The van der Waals surface area contributed by atoms with Crippen molar-refractivity contribution < 1.29 is 4.74 Å². The highest BCUT2D eigenvalue weighted by molar-refractivity contribution is 4.91. The Morgan fingerprint density at radius 1 is 1.29 bits per heavy atom. The molecule has 0 amide bonds. The number of ether oxygens (including phenoxy) is 1. The molecule has 0 radical (unpaired) electrons. The molecule has 0 unspecified atom stereocenters. The number of likely N-dealkylation sites (N-methyl/N-ethyl adjacent to an activating group) is 2. The molecule has 1 heterocycles. The van der Waals surface area contributed by atoms with Gasteiger partial charge in [-0.15, -0.1) is 0 Å². The minimum absolute atomic E-state index is 0.178. The number of hydrogen-bond acceptors (Lipinski definition) is 3. The topological polar surface area (TPSA) is 15.7 Å². The first-order chi connectivity index (χ1) is 6.44. The largest absolute Gasteiger partial charge is 0.377 e. The summed E-state index contributed by atoms with van der Waals surface area (Å²) in [6.07, 6.45) is 0.326. The van der Waals surface area contributed by atoms with Gasteiger partial charge in [-0.1, -0.05) is 0 Å². The molecular formula is C11H24N2O. The van der Waals surface area contributed by atoms with Crippen LogP contribution in [0.4, 0.5) is 0 Å². The van der Waals surface area contributed by atoms with E-state index in [4.69, 9.17) is 4.74 Å². The Morgan fingerprint density at radius 2 is 1.93 bits per heavy atom. The molecule has 0 spiro atoms. The quantitative estimate of drug-likeness (QED) is 0.677. The van der Waals surface area contributed by atoms with E-state index in [1.807, 2.05) is 0 Å². The molecule has 1 fully saturated rings. The molecule has 84 valence electrons. The number of piperazine rings is 1. The normalized spacial score (nSPS) is 31.3. The Bertz CT molecular complexity index is 184. The third-order valence-corrected chi connectivity index (χ3v) is 3.08. The van der Waals surface area contributed by atoms with Gasteiger partial charge in [0.1, 0.15) is 0 Å². The van der Waals surface area contributed by atoms with Crippen LogP contribution in [0.3, 0.4) is 0 Å². The van der Waals surface area contributed by atoms with Crippen LogP contribution in [0.2, 0.25) is 0 Å². The molecule has 0 aromatic carbocycles. The fourth-order valence-electron chi connectivity index (χ4n) is 1.87. The number of hydrogen-bond donors (Lipinski definition) is 0. The van der Waals surface area contributed by atoms with Crippen molar-refractivity contribution in [2.24, 2.45) is 0 Å². The SMILES string of the molecule is CC(C)OC[C@@]1(C)CN(C)CCN1C. The van der Waals surface area contributed by atoms with Crippen molar-refractivity contribution in [3.05, 3.63) is 0 Å². The van der Waals surface area contributed by atoms with Gasteiger partial charge >= 0.3 is 0 Å². The molecule has 1 saturated heterocycles. The first kappa shape index (κ1) is 12.0. The van der Waals surface area contributed by atoms with Crippen LogP contribution >= 0.6 is 0 Å². The van der Waals surface area contributed by atoms with Gasteiger partial charge in [0.15, 0.2) is 0 Å². The fraction of sp³-hybridized carbons (Fsp3) is 1.00. The van der Waals surface area contributed by atoms with Gasteiger partial charge in [0, 0.05) is 19.6 Å². The van der Waals surface area contributed by atoms with E-state index in [1.165, 1.54) is 0 Å². The maximum atomic E-state index is 5.73. The van der Waals surface area contributed by atoms with Gasteiger partial charge in [-0.2, -0.15) is 0 Å². The maximum Gasteiger partial charge on any atom is 0.0663 e. The average Bonchev–Trinajstić information content (AvgIpc) is 2.09. The minimum atomic E-state index is 0.178. The Morgan fingerprint density at radius 3 is 2.50 bits per heavy atom. The van der Waals surface area contributed by atoms with Crippen molar-refractivity contribution in [3.63, 3.8) is 0 Å². The summed E-state index contributed by atoms with van der Waals surface area (Å²) in [7, 11) is 4.37. The van der Waals surface area contributed by atoms with Crippen molar-refractivity contribution in [2.75, 3.05) is 40.3 Å². The fourth-order valence-corrected chi connectivity index (χ4v) is 1.87. The van der Waals surface area contributed by atoms with Crippen LogP contribution in [-0.2, 0) is 4.74 Å². The second-order valence-electron chi connectivity index (χ2n) is 5.02. The lowest BCUT2D eigenvalue weighted by molar-refractivity contribution is -0.0472. The first-order valence-electron chi connectivity index (χ1n) is 5.45. The van der Waals surface area contributed by atoms with Crippen molar-refractivity contribution in [3.8, 4) is 0 Å². The standard InChI is InChI=1S/C11H24N2O/c1-10(2)14-9-11(3)8-12(4)6-7-13(11)5/h10H,6-9H2,1-5H3/t11-/m1/s1. The van der Waals surface area contributed by atoms with Gasteiger partial charge in [-0.25, -0.2) is 0 Å². The van der Waals surface area contributed by atoms with Gasteiger partial charge in [0.25, 0.3) is 0 Å². The first-order valence-corrected chi connectivity index (χ1v) is 5.45. The second kappa shape index (κ2) is 4.60. The molecule has 14 heavy (non-hydrogen) atoms. The van der Waals surface area contributed by atoms with Crippen LogP contribution in [0.25, 0.3) is 0 Å². The van der Waals surface area contributed by atoms with E-state index in [2.05, 4.69) is 44.7 Å². The number of rotatable bonds is 3. The van der Waals surface area contributed by atoms with Gasteiger partial charge in [-0.05, 0) is 34.9 Å². The van der Waals surface area contributed by atoms with E-state index in [1.54, 1.807) is 0 Å². The van der Waals surface area contributed by atoms with E-state index >= 15 is 0 Å². The average molecular weight is 200 g/mol. The third-order valence-electron chi connectivity index (χ3n) is 3.08. The summed E-state index contributed by atoms with van der Waals surface area (Å²) in [5.41, 5.74) is 0.178. The zero-order chi connectivity index (χ0) is 10.8. The van der Waals surface area contributed by atoms with E-state index in [-0.39, 0.29) is 5.54 Å². The van der Waals surface area contributed by atoms with Gasteiger partial charge in [0.05, 0.1) is 18.2 Å². The number of nitrogens with zero attached hydrogens (tertiary/aromatic N) is 2. The monoisotopic (exact) mass is 200 g/mol. The Kier molecular flexibility index (Phi) is 3.93. The molecule has 0 bridgehead atoms. The summed E-state index contributed by atoms with van der Waals surface area (Å²) in [4.78, 5) is 4.79. The Hall–Kier alpha value is -0.120. The van der Waals surface area contributed by atoms with Crippen molar-refractivity contribution in [1.29, 1.82) is 0 Å². The highest BCUT2D eigenvalue weighted by Crippen LogP contribution is 2.19. The molecule has 1 atom stereocenters. The van der Waals surface area contributed by atoms with Gasteiger partial charge < -0.3 is 9.64 Å². The van der Waals surface area contributed by atoms with Crippen LogP contribution in [0.1, 0.15) is 20.8 Å². The second-order valence-corrected chi connectivity index (χ2v) is 5.02. The molecule has 1 aliphatic heterocycles. The van der Waals surface area contributed by atoms with E-state index in [9.17, 15) is 0 Å². The lowest BCUT2D eigenvalue weighted by Gasteiger charge is -2.46. The predicted molar refractivity (Wildman–Crippen MR) is 59.6 cm³/mol. The van der Waals surface area contributed by atoms with E-state index in [0.717, 1.165) is 26.2 Å². The molecule has 3 nitrogen and oxygen atoms in total. The van der Waals surface area contributed by atoms with E-state index < -0.39 is 0 Å². The molecule has 0 aliphatic carbocycles. The predicted octanol–water partition coefficient (Wildman–Crippen LogP) is 1.05. The molecule has 1 aliphatic rings. The third kappa shape index (κ3) is 2.94. The van der Waals surface area contributed by atoms with Crippen LogP contribution < -0.4 is 0 Å². The maximum absolute atomic E-state index is 5.73. The van der Waals surface area contributed by atoms with Crippen LogP contribution in [0, 0.1) is 0 Å². The highest BCUT2D eigenvalue weighted by Gasteiger charge is 2.34. The summed E-state index contributed by atoms with van der Waals surface area (Å²) in [5.74, 6) is 0. The molecule has 0 N–H and O–H groups in total. The van der Waals surface area contributed by atoms with Crippen LogP contribution in [0.15, 0.2) is 0 Å². The van der Waals surface area contributed by atoms with Crippen molar-refractivity contribution in [2.45, 2.75) is 32.4 Å². The molecule has 0 aromatic heterocycles. The van der Waals surface area contributed by atoms with E-state index in [0.29, 0.717) is 6.10 Å². The highest BCUT2D eigenvalue weighted by atomic mass is 16.5. The minimum Gasteiger partial charge on any atom is -0.377 e. The Labute approximate surface area is 88.0 Å². The zero-order valence-corrected chi connectivity index (χ0v) is 10.2. The summed E-state index contributed by atoms with van der Waals surface area (Å²) in [6, 6.07) is 0. The summed E-state index contributed by atoms with van der Waals surface area (Å²) in [6.45, 7) is 10.7. The van der Waals surface area contributed by atoms with Crippen molar-refractivity contribution >= 4 is 0 Å². The Balaban J connectivity index is 2.50. The van der Waals surface area contributed by atoms with Gasteiger partial charge in [-0.3, -0.25) is 4.90 Å². The molecule has 1 rings (SSSR count). The van der Waals surface area contributed by atoms with Gasteiger partial charge in [0.2, 0.25) is 0 Å². The zero-order valence-electron chi connectivity index (χ0n) is 10.2. The molecule has 0 saturated carbocycles. The lowest BCUT2D eigenvalue weighted by Crippen LogP contribution is -2.60. The van der Waals surface area contributed by atoms with Crippen LogP contribution in [-0.4, -0.2) is 61.8 Å². The summed E-state index contributed by atoms with van der Waals surface area (Å²) < 4.78 is 5.73. The summed E-state index contributed by atoms with van der Waals surface area (Å²) in [5, 5.41) is 0. The summed E-state index contributed by atoms with van der Waals surface area (Å²) >= 11 is 0. The lowest BCUT2D eigenvalue weighted by atomic mass is 9.98. The smallest absolute Gasteiger partial charge is 0.0663 e. The molecule has 0 aromatic rings. The molecule has 3 heteroatoms. The van der Waals surface area contributed by atoms with Crippen LogP contribution in [0.5, 0.6) is 0 Å². The van der Waals surface area contributed by atoms with Crippen molar-refractivity contribution in [1.82, 2.24) is 9.80 Å².